The predicted molar refractivity (Wildman–Crippen MR) is 85.6 cm³/mol. The number of nitrogens with zero attached hydrogens (tertiary/aromatic N) is 1. The molecule has 5 nitrogen and oxygen atoms in total. The van der Waals surface area contributed by atoms with Gasteiger partial charge in [-0.3, -0.25) is 4.79 Å². The van der Waals surface area contributed by atoms with Crippen molar-refractivity contribution in [1.82, 2.24) is 10.3 Å². The van der Waals surface area contributed by atoms with Crippen molar-refractivity contribution in [2.75, 3.05) is 13.2 Å². The van der Waals surface area contributed by atoms with Crippen LogP contribution in [0.4, 0.5) is 0 Å². The van der Waals surface area contributed by atoms with Crippen molar-refractivity contribution in [2.24, 2.45) is 0 Å². The van der Waals surface area contributed by atoms with Gasteiger partial charge >= 0.3 is 0 Å². The molecule has 1 aromatic heterocycles. The molecular formula is C16H14N2O3S. The zero-order valence-corrected chi connectivity index (χ0v) is 12.5. The molecule has 0 atom stereocenters. The number of hydrogen-bond donors (Lipinski definition) is 2. The van der Waals surface area contributed by atoms with Crippen LogP contribution in [-0.2, 0) is 0 Å². The Balaban J connectivity index is 1.78. The van der Waals surface area contributed by atoms with E-state index >= 15 is 0 Å². The van der Waals surface area contributed by atoms with Gasteiger partial charge in [0.1, 0.15) is 5.75 Å². The van der Waals surface area contributed by atoms with Crippen LogP contribution in [-0.4, -0.2) is 29.1 Å². The highest BCUT2D eigenvalue weighted by molar-refractivity contribution is 7.20. The Morgan fingerprint density at radius 2 is 2.09 bits per heavy atom. The molecule has 2 N–H and O–H groups in total. The van der Waals surface area contributed by atoms with Gasteiger partial charge in [0.05, 0.1) is 16.8 Å². The van der Waals surface area contributed by atoms with Gasteiger partial charge in [-0.15, -0.1) is 0 Å². The molecule has 0 unspecified atom stereocenters. The molecule has 22 heavy (non-hydrogen) atoms. The van der Waals surface area contributed by atoms with Gasteiger partial charge in [0.2, 0.25) is 0 Å². The molecule has 0 spiro atoms. The SMILES string of the molecule is O=C(NCCO)c1cccc(Oc2nc3ccccc3s2)c1. The third-order valence-electron chi connectivity index (χ3n) is 2.97. The van der Waals surface area contributed by atoms with Crippen molar-refractivity contribution in [2.45, 2.75) is 0 Å². The summed E-state index contributed by atoms with van der Waals surface area (Å²) < 4.78 is 6.79. The van der Waals surface area contributed by atoms with Gasteiger partial charge < -0.3 is 15.2 Å². The van der Waals surface area contributed by atoms with E-state index in [1.807, 2.05) is 24.3 Å². The second kappa shape index (κ2) is 6.55. The van der Waals surface area contributed by atoms with Crippen LogP contribution in [0.5, 0.6) is 10.9 Å². The fourth-order valence-corrected chi connectivity index (χ4v) is 2.80. The largest absolute Gasteiger partial charge is 0.431 e. The Kier molecular flexibility index (Phi) is 4.32. The summed E-state index contributed by atoms with van der Waals surface area (Å²) in [5.41, 5.74) is 1.37. The minimum absolute atomic E-state index is 0.0896. The molecule has 6 heteroatoms. The van der Waals surface area contributed by atoms with Gasteiger partial charge in [-0.1, -0.05) is 29.5 Å². The lowest BCUT2D eigenvalue weighted by Gasteiger charge is -2.05. The number of aliphatic hydroxyl groups is 1. The number of thiazole rings is 1. The molecule has 3 aromatic rings. The Labute approximate surface area is 131 Å². The zero-order chi connectivity index (χ0) is 15.4. The molecule has 0 aliphatic carbocycles. The Hall–Kier alpha value is -2.44. The van der Waals surface area contributed by atoms with Crippen molar-refractivity contribution in [3.05, 3.63) is 54.1 Å². The monoisotopic (exact) mass is 314 g/mol. The average Bonchev–Trinajstić information content (AvgIpc) is 2.95. The van der Waals surface area contributed by atoms with E-state index in [0.717, 1.165) is 10.2 Å². The molecule has 112 valence electrons. The molecule has 0 aliphatic heterocycles. The van der Waals surface area contributed by atoms with Crippen LogP contribution in [0.25, 0.3) is 10.2 Å². The number of carbonyl (C=O) groups is 1. The second-order valence-electron chi connectivity index (χ2n) is 4.56. The van der Waals surface area contributed by atoms with Crippen LogP contribution >= 0.6 is 11.3 Å². The normalized spacial score (nSPS) is 10.6. The number of hydrogen-bond acceptors (Lipinski definition) is 5. The smallest absolute Gasteiger partial charge is 0.279 e. The highest BCUT2D eigenvalue weighted by Gasteiger charge is 2.09. The summed E-state index contributed by atoms with van der Waals surface area (Å²) in [5.74, 6) is 0.305. The molecule has 0 saturated heterocycles. The van der Waals surface area contributed by atoms with Crippen molar-refractivity contribution < 1.29 is 14.6 Å². The standard InChI is InChI=1S/C16H14N2O3S/c19-9-8-17-15(20)11-4-3-5-12(10-11)21-16-18-13-6-1-2-7-14(13)22-16/h1-7,10,19H,8-9H2,(H,17,20). The number of aliphatic hydroxyl groups excluding tert-OH is 1. The van der Waals surface area contributed by atoms with Gasteiger partial charge in [-0.05, 0) is 30.3 Å². The number of para-hydroxylation sites is 1. The van der Waals surface area contributed by atoms with Crippen LogP contribution in [0.1, 0.15) is 10.4 Å². The van der Waals surface area contributed by atoms with E-state index in [4.69, 9.17) is 9.84 Å². The zero-order valence-electron chi connectivity index (χ0n) is 11.7. The van der Waals surface area contributed by atoms with Crippen molar-refractivity contribution in [3.63, 3.8) is 0 Å². The van der Waals surface area contributed by atoms with E-state index in [-0.39, 0.29) is 19.1 Å². The number of amides is 1. The van der Waals surface area contributed by atoms with E-state index in [0.29, 0.717) is 16.5 Å². The van der Waals surface area contributed by atoms with Crippen molar-refractivity contribution >= 4 is 27.5 Å². The van der Waals surface area contributed by atoms with E-state index in [1.165, 1.54) is 11.3 Å². The minimum atomic E-state index is -0.246. The topological polar surface area (TPSA) is 71.5 Å². The van der Waals surface area contributed by atoms with E-state index in [2.05, 4.69) is 10.3 Å². The Morgan fingerprint density at radius 3 is 2.91 bits per heavy atom. The molecule has 2 aromatic carbocycles. The molecule has 0 saturated carbocycles. The van der Waals surface area contributed by atoms with E-state index in [9.17, 15) is 4.79 Å². The molecule has 0 aliphatic rings. The molecule has 1 heterocycles. The summed E-state index contributed by atoms with van der Waals surface area (Å²) in [6, 6.07) is 14.7. The van der Waals surface area contributed by atoms with Gasteiger partial charge in [0, 0.05) is 12.1 Å². The van der Waals surface area contributed by atoms with E-state index in [1.54, 1.807) is 24.3 Å². The first-order valence-electron chi connectivity index (χ1n) is 6.79. The first kappa shape index (κ1) is 14.5. The van der Waals surface area contributed by atoms with Crippen LogP contribution in [0, 0.1) is 0 Å². The summed E-state index contributed by atoms with van der Waals surface area (Å²) in [4.78, 5) is 16.3. The summed E-state index contributed by atoms with van der Waals surface area (Å²) in [6.45, 7) is 0.134. The number of nitrogens with one attached hydrogen (secondary N) is 1. The lowest BCUT2D eigenvalue weighted by Crippen LogP contribution is -2.26. The lowest BCUT2D eigenvalue weighted by atomic mass is 10.2. The number of benzene rings is 2. The average molecular weight is 314 g/mol. The number of ether oxygens (including phenoxy) is 1. The van der Waals surface area contributed by atoms with Crippen LogP contribution < -0.4 is 10.1 Å². The summed E-state index contributed by atoms with van der Waals surface area (Å²) in [7, 11) is 0. The summed E-state index contributed by atoms with van der Waals surface area (Å²) >= 11 is 1.45. The molecular weight excluding hydrogens is 300 g/mol. The highest BCUT2D eigenvalue weighted by atomic mass is 32.1. The van der Waals surface area contributed by atoms with Gasteiger partial charge in [-0.25, -0.2) is 4.98 Å². The van der Waals surface area contributed by atoms with E-state index < -0.39 is 0 Å². The van der Waals surface area contributed by atoms with Crippen molar-refractivity contribution in [1.29, 1.82) is 0 Å². The molecule has 0 bridgehead atoms. The van der Waals surface area contributed by atoms with Crippen LogP contribution in [0.3, 0.4) is 0 Å². The Bertz CT molecular complexity index is 768. The van der Waals surface area contributed by atoms with Gasteiger partial charge in [-0.2, -0.15) is 0 Å². The quantitative estimate of drug-likeness (QED) is 0.759. The molecule has 0 fully saturated rings. The third kappa shape index (κ3) is 3.24. The number of aromatic nitrogens is 1. The van der Waals surface area contributed by atoms with Gasteiger partial charge in [0.15, 0.2) is 0 Å². The first-order chi connectivity index (χ1) is 10.8. The maximum absolute atomic E-state index is 11.9. The molecule has 3 rings (SSSR count). The molecule has 1 amide bonds. The van der Waals surface area contributed by atoms with Crippen LogP contribution in [0.2, 0.25) is 0 Å². The highest BCUT2D eigenvalue weighted by Crippen LogP contribution is 2.31. The number of fused-ring (bicyclic) bond motifs is 1. The van der Waals surface area contributed by atoms with Crippen LogP contribution in [0.15, 0.2) is 48.5 Å². The summed E-state index contributed by atoms with van der Waals surface area (Å²) in [6.07, 6.45) is 0. The Morgan fingerprint density at radius 1 is 1.23 bits per heavy atom. The van der Waals surface area contributed by atoms with Crippen molar-refractivity contribution in [3.8, 4) is 10.9 Å². The minimum Gasteiger partial charge on any atom is -0.431 e. The third-order valence-corrected chi connectivity index (χ3v) is 3.89. The maximum atomic E-state index is 11.9. The predicted octanol–water partition coefficient (Wildman–Crippen LogP) is 2.81. The van der Waals surface area contributed by atoms with Gasteiger partial charge in [0.25, 0.3) is 11.1 Å². The lowest BCUT2D eigenvalue weighted by molar-refractivity contribution is 0.0944. The maximum Gasteiger partial charge on any atom is 0.279 e. The molecule has 0 radical (unpaired) electrons. The first-order valence-corrected chi connectivity index (χ1v) is 7.60. The number of carbonyl (C=O) groups excluding carboxylic acids is 1. The summed E-state index contributed by atoms with van der Waals surface area (Å²) in [5, 5.41) is 11.9. The fourth-order valence-electron chi connectivity index (χ4n) is 1.97. The fraction of sp³-hybridized carbons (Fsp3) is 0.125. The number of rotatable bonds is 5. The second-order valence-corrected chi connectivity index (χ2v) is 5.55.